The molecule has 4 nitrogen and oxygen atoms in total. The zero-order valence-corrected chi connectivity index (χ0v) is 21.3. The van der Waals surface area contributed by atoms with Crippen LogP contribution >= 0.6 is 0 Å². The average molecular weight is 489 g/mol. The first-order valence-corrected chi connectivity index (χ1v) is 12.3. The lowest BCUT2D eigenvalue weighted by Crippen LogP contribution is -2.12. The van der Waals surface area contributed by atoms with Crippen molar-refractivity contribution in [1.82, 2.24) is 0 Å². The van der Waals surface area contributed by atoms with E-state index < -0.39 is 11.9 Å². The molecule has 1 aliphatic carbocycles. The molecule has 1 N–H and O–H groups in total. The fourth-order valence-electron chi connectivity index (χ4n) is 4.81. The number of hydrogen-bond acceptors (Lipinski definition) is 3. The molecule has 36 heavy (non-hydrogen) atoms. The van der Waals surface area contributed by atoms with Crippen LogP contribution in [0.1, 0.15) is 50.3 Å². The second kappa shape index (κ2) is 10.6. The van der Waals surface area contributed by atoms with Crippen molar-refractivity contribution >= 4 is 11.5 Å². The van der Waals surface area contributed by atoms with E-state index in [1.165, 1.54) is 11.6 Å². The van der Waals surface area contributed by atoms with Gasteiger partial charge in [0.1, 0.15) is 23.9 Å². The molecule has 0 bridgehead atoms. The second-order valence-corrected chi connectivity index (χ2v) is 10.1. The van der Waals surface area contributed by atoms with Gasteiger partial charge in [0.25, 0.3) is 0 Å². The minimum absolute atomic E-state index is 0.0151. The van der Waals surface area contributed by atoms with Gasteiger partial charge < -0.3 is 14.6 Å². The molecule has 1 unspecified atom stereocenters. The van der Waals surface area contributed by atoms with Gasteiger partial charge in [-0.05, 0) is 88.9 Å². The summed E-state index contributed by atoms with van der Waals surface area (Å²) in [5, 5.41) is 9.20. The van der Waals surface area contributed by atoms with Crippen LogP contribution < -0.4 is 9.47 Å². The molecule has 1 aliphatic rings. The Hall–Kier alpha value is -3.60. The number of ether oxygens (including phenoxy) is 2. The number of rotatable bonds is 9. The van der Waals surface area contributed by atoms with Crippen molar-refractivity contribution in [3.8, 4) is 22.6 Å². The molecule has 0 aliphatic heterocycles. The van der Waals surface area contributed by atoms with E-state index in [9.17, 15) is 14.3 Å². The van der Waals surface area contributed by atoms with Crippen molar-refractivity contribution in [3.63, 3.8) is 0 Å². The molecular formula is C31H33FO4. The zero-order chi connectivity index (χ0) is 25.9. The van der Waals surface area contributed by atoms with Gasteiger partial charge in [0.05, 0.1) is 13.0 Å². The SMILES string of the molecule is COc1ccc(F)c(-c2ccc(COc3cccc(CC(C)C(=O)O)c3)cc2C2=CCCC2(C)C)c1. The normalized spacial score (nSPS) is 15.3. The maximum absolute atomic E-state index is 15.0. The Bertz CT molecular complexity index is 1290. The molecule has 1 atom stereocenters. The average Bonchev–Trinajstić information content (AvgIpc) is 3.22. The van der Waals surface area contributed by atoms with Crippen molar-refractivity contribution < 1.29 is 23.8 Å². The number of hydrogen-bond donors (Lipinski definition) is 1. The van der Waals surface area contributed by atoms with Gasteiger partial charge in [-0.25, -0.2) is 4.39 Å². The Morgan fingerprint density at radius 2 is 1.81 bits per heavy atom. The van der Waals surface area contributed by atoms with E-state index in [1.807, 2.05) is 36.4 Å². The molecule has 0 saturated carbocycles. The summed E-state index contributed by atoms with van der Waals surface area (Å²) in [7, 11) is 1.58. The Balaban J connectivity index is 1.65. The van der Waals surface area contributed by atoms with Crippen LogP contribution in [-0.2, 0) is 17.8 Å². The lowest BCUT2D eigenvalue weighted by molar-refractivity contribution is -0.141. The summed E-state index contributed by atoms with van der Waals surface area (Å²) in [5.74, 6) is -0.262. The number of carbonyl (C=O) groups is 1. The summed E-state index contributed by atoms with van der Waals surface area (Å²) in [5.41, 5.74) is 5.45. The number of carboxylic acid groups (broad SMARTS) is 1. The molecule has 3 aromatic carbocycles. The summed E-state index contributed by atoms with van der Waals surface area (Å²) in [6.45, 7) is 6.50. The highest BCUT2D eigenvalue weighted by Crippen LogP contribution is 2.47. The Labute approximate surface area is 212 Å². The molecule has 4 rings (SSSR count). The van der Waals surface area contributed by atoms with E-state index in [4.69, 9.17) is 9.47 Å². The van der Waals surface area contributed by atoms with Crippen LogP contribution in [0.3, 0.4) is 0 Å². The van der Waals surface area contributed by atoms with E-state index in [0.717, 1.165) is 35.1 Å². The maximum atomic E-state index is 15.0. The topological polar surface area (TPSA) is 55.8 Å². The van der Waals surface area contributed by atoms with Gasteiger partial charge in [0.15, 0.2) is 0 Å². The lowest BCUT2D eigenvalue weighted by atomic mass is 9.79. The molecule has 5 heteroatoms. The first kappa shape index (κ1) is 25.5. The van der Waals surface area contributed by atoms with Crippen molar-refractivity contribution in [2.24, 2.45) is 11.3 Å². The van der Waals surface area contributed by atoms with Crippen LogP contribution in [0.25, 0.3) is 16.7 Å². The van der Waals surface area contributed by atoms with E-state index in [1.54, 1.807) is 26.2 Å². The molecule has 0 fully saturated rings. The Kier molecular flexibility index (Phi) is 7.48. The van der Waals surface area contributed by atoms with Gasteiger partial charge in [-0.15, -0.1) is 0 Å². The molecule has 0 radical (unpaired) electrons. The van der Waals surface area contributed by atoms with Gasteiger partial charge in [0.2, 0.25) is 0 Å². The van der Waals surface area contributed by atoms with Crippen molar-refractivity contribution in [1.29, 1.82) is 0 Å². The summed E-state index contributed by atoms with van der Waals surface area (Å²) < 4.78 is 26.4. The first-order valence-electron chi connectivity index (χ1n) is 12.3. The summed E-state index contributed by atoms with van der Waals surface area (Å²) in [6, 6.07) is 18.4. The molecule has 0 saturated heterocycles. The highest BCUT2D eigenvalue weighted by Gasteiger charge is 2.30. The largest absolute Gasteiger partial charge is 0.497 e. The molecule has 188 valence electrons. The van der Waals surface area contributed by atoms with Gasteiger partial charge in [0, 0.05) is 5.56 Å². The third-order valence-electron chi connectivity index (χ3n) is 6.95. The quantitative estimate of drug-likeness (QED) is 0.338. The number of carboxylic acids is 1. The third kappa shape index (κ3) is 5.62. The van der Waals surface area contributed by atoms with Crippen molar-refractivity contribution in [2.75, 3.05) is 7.11 Å². The monoisotopic (exact) mass is 488 g/mol. The molecule has 3 aromatic rings. The smallest absolute Gasteiger partial charge is 0.306 e. The van der Waals surface area contributed by atoms with Crippen LogP contribution in [0.15, 0.2) is 66.7 Å². The standard InChI is InChI=1S/C31H33FO4/c1-20(30(33)34)15-21-7-5-8-24(16-21)36-19-22-10-12-25(27-18-23(35-4)11-13-29(27)32)26(17-22)28-9-6-14-31(28,2)3/h5,7-13,16-18,20H,6,14-15,19H2,1-4H3,(H,33,34). The van der Waals surface area contributed by atoms with Crippen LogP contribution in [0.4, 0.5) is 4.39 Å². The van der Waals surface area contributed by atoms with Crippen LogP contribution in [0.5, 0.6) is 11.5 Å². The van der Waals surface area contributed by atoms with Crippen LogP contribution in [0, 0.1) is 17.2 Å². The minimum atomic E-state index is -0.814. The number of halogens is 1. The predicted octanol–water partition coefficient (Wildman–Crippen LogP) is 7.55. The number of allylic oxidation sites excluding steroid dienone is 2. The summed E-state index contributed by atoms with van der Waals surface area (Å²) >= 11 is 0. The van der Waals surface area contributed by atoms with E-state index in [2.05, 4.69) is 26.0 Å². The molecule has 0 amide bonds. The fraction of sp³-hybridized carbons (Fsp3) is 0.323. The minimum Gasteiger partial charge on any atom is -0.497 e. The fourth-order valence-corrected chi connectivity index (χ4v) is 4.81. The summed E-state index contributed by atoms with van der Waals surface area (Å²) in [6.07, 6.45) is 4.74. The molecule has 0 heterocycles. The number of aliphatic carboxylic acids is 1. The Morgan fingerprint density at radius 3 is 2.50 bits per heavy atom. The zero-order valence-electron chi connectivity index (χ0n) is 21.3. The number of methoxy groups -OCH3 is 1. The Morgan fingerprint density at radius 1 is 1.00 bits per heavy atom. The van der Waals surface area contributed by atoms with E-state index in [-0.39, 0.29) is 11.2 Å². The number of benzene rings is 3. The highest BCUT2D eigenvalue weighted by atomic mass is 19.1. The molecular weight excluding hydrogens is 455 g/mol. The molecule has 0 aromatic heterocycles. The second-order valence-electron chi connectivity index (χ2n) is 10.1. The molecule has 0 spiro atoms. The summed E-state index contributed by atoms with van der Waals surface area (Å²) in [4.78, 5) is 11.2. The maximum Gasteiger partial charge on any atom is 0.306 e. The van der Waals surface area contributed by atoms with Gasteiger partial charge in [-0.1, -0.05) is 51.1 Å². The van der Waals surface area contributed by atoms with Crippen LogP contribution in [-0.4, -0.2) is 18.2 Å². The first-order chi connectivity index (χ1) is 17.2. The van der Waals surface area contributed by atoms with Gasteiger partial charge in [-0.3, -0.25) is 4.79 Å². The predicted molar refractivity (Wildman–Crippen MR) is 141 cm³/mol. The van der Waals surface area contributed by atoms with Crippen molar-refractivity contribution in [3.05, 3.63) is 89.2 Å². The lowest BCUT2D eigenvalue weighted by Gasteiger charge is -2.25. The van der Waals surface area contributed by atoms with Gasteiger partial charge in [-0.2, -0.15) is 0 Å². The van der Waals surface area contributed by atoms with E-state index in [0.29, 0.717) is 30.1 Å². The van der Waals surface area contributed by atoms with Crippen LogP contribution in [0.2, 0.25) is 0 Å². The van der Waals surface area contributed by atoms with E-state index >= 15 is 0 Å². The van der Waals surface area contributed by atoms with Crippen molar-refractivity contribution in [2.45, 2.75) is 46.6 Å². The highest BCUT2D eigenvalue weighted by molar-refractivity contribution is 5.85. The van der Waals surface area contributed by atoms with Gasteiger partial charge >= 0.3 is 5.97 Å². The third-order valence-corrected chi connectivity index (χ3v) is 6.95.